The summed E-state index contributed by atoms with van der Waals surface area (Å²) < 4.78 is 3.91. The molecule has 3 heterocycles. The van der Waals surface area contributed by atoms with E-state index < -0.39 is 22.7 Å². The normalized spacial score (nSPS) is 10.8. The maximum absolute atomic E-state index is 13.0. The fraction of sp³-hybridized carbons (Fsp3) is 0.136. The fourth-order valence-electron chi connectivity index (χ4n) is 3.36. The molecule has 0 bridgehead atoms. The molecule has 0 unspecified atom stereocenters. The molecular weight excluding hydrogens is 412 g/mol. The van der Waals surface area contributed by atoms with Gasteiger partial charge in [0.1, 0.15) is 11.3 Å². The van der Waals surface area contributed by atoms with Crippen LogP contribution < -0.4 is 22.1 Å². The van der Waals surface area contributed by atoms with Crippen LogP contribution in [0.5, 0.6) is 0 Å². The third-order valence-electron chi connectivity index (χ3n) is 5.14. The number of carbonyl (C=O) groups excluding carboxylic acids is 1. The van der Waals surface area contributed by atoms with Gasteiger partial charge in [0.15, 0.2) is 0 Å². The number of para-hydroxylation sites is 1. The van der Waals surface area contributed by atoms with Gasteiger partial charge >= 0.3 is 5.69 Å². The molecule has 0 radical (unpaired) electrons. The standard InChI is InChI=1S/C22H20N6O4/c1-14-18(21(31)28(26(14)2)16-9-4-3-5-10-16)25-19(29)17-12-24-22(32)27(20(17)30)13-15-8-6-7-11-23-15/h3-12H,13H2,1-2H3,(H,24,32)(H,25,29). The maximum Gasteiger partial charge on any atom is 0.328 e. The summed E-state index contributed by atoms with van der Waals surface area (Å²) in [5.74, 6) is -0.799. The minimum absolute atomic E-state index is 0.0447. The first-order chi connectivity index (χ1) is 15.4. The van der Waals surface area contributed by atoms with Crippen LogP contribution in [0, 0.1) is 6.92 Å². The zero-order valence-electron chi connectivity index (χ0n) is 17.4. The number of nitrogens with one attached hydrogen (secondary N) is 2. The molecule has 4 aromatic rings. The molecule has 0 saturated carbocycles. The van der Waals surface area contributed by atoms with Crippen molar-refractivity contribution in [2.45, 2.75) is 13.5 Å². The van der Waals surface area contributed by atoms with Crippen molar-refractivity contribution >= 4 is 11.6 Å². The minimum Gasteiger partial charge on any atom is -0.316 e. The summed E-state index contributed by atoms with van der Waals surface area (Å²) in [5, 5.41) is 2.53. The SMILES string of the molecule is Cc1c(NC(=O)c2c[nH]c(=O)n(Cc3ccccn3)c2=O)c(=O)n(-c2ccccc2)n1C. The van der Waals surface area contributed by atoms with E-state index in [2.05, 4.69) is 15.3 Å². The molecule has 0 aliphatic rings. The van der Waals surface area contributed by atoms with Crippen LogP contribution in [0.25, 0.3) is 5.69 Å². The van der Waals surface area contributed by atoms with E-state index in [1.54, 1.807) is 67.3 Å². The Morgan fingerprint density at radius 2 is 1.75 bits per heavy atom. The van der Waals surface area contributed by atoms with Gasteiger partial charge in [-0.2, -0.15) is 0 Å². The van der Waals surface area contributed by atoms with Gasteiger partial charge in [-0.15, -0.1) is 0 Å². The molecule has 0 atom stereocenters. The highest BCUT2D eigenvalue weighted by molar-refractivity contribution is 6.04. The van der Waals surface area contributed by atoms with E-state index in [0.717, 1.165) is 10.8 Å². The van der Waals surface area contributed by atoms with Crippen LogP contribution in [0.3, 0.4) is 0 Å². The maximum atomic E-state index is 13.0. The lowest BCUT2D eigenvalue weighted by Gasteiger charge is -2.07. The van der Waals surface area contributed by atoms with Crippen molar-refractivity contribution in [1.29, 1.82) is 0 Å². The average Bonchev–Trinajstić information content (AvgIpc) is 3.01. The van der Waals surface area contributed by atoms with Crippen LogP contribution in [-0.2, 0) is 13.6 Å². The average molecular weight is 432 g/mol. The van der Waals surface area contributed by atoms with E-state index in [1.165, 1.54) is 4.68 Å². The molecule has 1 aromatic carbocycles. The summed E-state index contributed by atoms with van der Waals surface area (Å²) in [6, 6.07) is 14.1. The van der Waals surface area contributed by atoms with Crippen molar-refractivity contribution in [1.82, 2.24) is 23.9 Å². The number of rotatable bonds is 5. The van der Waals surface area contributed by atoms with Gasteiger partial charge in [-0.1, -0.05) is 24.3 Å². The number of H-pyrrole nitrogens is 1. The highest BCUT2D eigenvalue weighted by atomic mass is 16.2. The number of nitrogens with zero attached hydrogens (tertiary/aromatic N) is 4. The van der Waals surface area contributed by atoms with Gasteiger partial charge in [-0.3, -0.25) is 28.6 Å². The zero-order chi connectivity index (χ0) is 22.8. The second kappa shape index (κ2) is 8.34. The quantitative estimate of drug-likeness (QED) is 0.488. The van der Waals surface area contributed by atoms with E-state index in [4.69, 9.17) is 0 Å². The number of pyridine rings is 1. The summed E-state index contributed by atoms with van der Waals surface area (Å²) in [6.45, 7) is 1.59. The lowest BCUT2D eigenvalue weighted by molar-refractivity contribution is 0.102. The minimum atomic E-state index is -0.799. The fourth-order valence-corrected chi connectivity index (χ4v) is 3.36. The molecule has 0 saturated heterocycles. The highest BCUT2D eigenvalue weighted by Gasteiger charge is 2.21. The van der Waals surface area contributed by atoms with Crippen molar-refractivity contribution < 1.29 is 4.79 Å². The monoisotopic (exact) mass is 432 g/mol. The molecule has 32 heavy (non-hydrogen) atoms. The lowest BCUT2D eigenvalue weighted by Crippen LogP contribution is -2.39. The Morgan fingerprint density at radius 1 is 1.03 bits per heavy atom. The number of amides is 1. The first-order valence-corrected chi connectivity index (χ1v) is 9.76. The summed E-state index contributed by atoms with van der Waals surface area (Å²) >= 11 is 0. The number of aromatic amines is 1. The summed E-state index contributed by atoms with van der Waals surface area (Å²) in [6.07, 6.45) is 2.59. The molecule has 4 rings (SSSR count). The van der Waals surface area contributed by atoms with Crippen LogP contribution in [0.2, 0.25) is 0 Å². The Balaban J connectivity index is 1.70. The lowest BCUT2D eigenvalue weighted by atomic mass is 10.2. The third kappa shape index (κ3) is 3.69. The molecule has 2 N–H and O–H groups in total. The Labute approximate surface area is 181 Å². The number of anilines is 1. The molecule has 0 aliphatic heterocycles. The van der Waals surface area contributed by atoms with Gasteiger partial charge in [-0.05, 0) is 31.2 Å². The largest absolute Gasteiger partial charge is 0.328 e. The summed E-state index contributed by atoms with van der Waals surface area (Å²) in [7, 11) is 1.69. The van der Waals surface area contributed by atoms with Crippen LogP contribution >= 0.6 is 0 Å². The van der Waals surface area contributed by atoms with Gasteiger partial charge in [0.05, 0.1) is 23.6 Å². The van der Waals surface area contributed by atoms with E-state index in [9.17, 15) is 19.2 Å². The highest BCUT2D eigenvalue weighted by Crippen LogP contribution is 2.14. The van der Waals surface area contributed by atoms with Gasteiger partial charge < -0.3 is 10.3 Å². The molecule has 162 valence electrons. The third-order valence-corrected chi connectivity index (χ3v) is 5.14. The van der Waals surface area contributed by atoms with E-state index >= 15 is 0 Å². The zero-order valence-corrected chi connectivity index (χ0v) is 17.4. The summed E-state index contributed by atoms with van der Waals surface area (Å²) in [5.41, 5.74) is -0.521. The number of benzene rings is 1. The molecule has 10 nitrogen and oxygen atoms in total. The van der Waals surface area contributed by atoms with Crippen molar-refractivity contribution in [2.75, 3.05) is 5.32 Å². The van der Waals surface area contributed by atoms with Crippen LogP contribution in [0.4, 0.5) is 5.69 Å². The predicted molar refractivity (Wildman–Crippen MR) is 118 cm³/mol. The molecule has 0 spiro atoms. The van der Waals surface area contributed by atoms with Gasteiger partial charge in [0.25, 0.3) is 17.0 Å². The van der Waals surface area contributed by atoms with Gasteiger partial charge in [0, 0.05) is 19.4 Å². The first-order valence-electron chi connectivity index (χ1n) is 9.76. The Morgan fingerprint density at radius 3 is 2.44 bits per heavy atom. The molecule has 10 heteroatoms. The van der Waals surface area contributed by atoms with Crippen LogP contribution in [0.15, 0.2) is 75.3 Å². The second-order valence-corrected chi connectivity index (χ2v) is 7.11. The number of hydrogen-bond acceptors (Lipinski definition) is 5. The number of aromatic nitrogens is 5. The van der Waals surface area contributed by atoms with E-state index in [-0.39, 0.29) is 17.8 Å². The van der Waals surface area contributed by atoms with Gasteiger partial charge in [-0.25, -0.2) is 9.48 Å². The molecule has 3 aromatic heterocycles. The Kier molecular flexibility index (Phi) is 5.42. The number of hydrogen-bond donors (Lipinski definition) is 2. The first kappa shape index (κ1) is 20.8. The van der Waals surface area contributed by atoms with Crippen molar-refractivity contribution in [3.63, 3.8) is 0 Å². The van der Waals surface area contributed by atoms with Crippen molar-refractivity contribution in [3.8, 4) is 5.69 Å². The Bertz CT molecular complexity index is 1460. The van der Waals surface area contributed by atoms with Crippen LogP contribution in [0.1, 0.15) is 21.7 Å². The Hall–Kier alpha value is -4.47. The van der Waals surface area contributed by atoms with E-state index in [0.29, 0.717) is 17.1 Å². The molecule has 1 amide bonds. The molecule has 0 fully saturated rings. The van der Waals surface area contributed by atoms with Gasteiger partial charge in [0.2, 0.25) is 0 Å². The van der Waals surface area contributed by atoms with Crippen molar-refractivity contribution in [2.24, 2.45) is 7.05 Å². The summed E-state index contributed by atoms with van der Waals surface area (Å²) in [4.78, 5) is 57.4. The number of carbonyl (C=O) groups is 1. The predicted octanol–water partition coefficient (Wildman–Crippen LogP) is 1.03. The van der Waals surface area contributed by atoms with Crippen molar-refractivity contribution in [3.05, 3.63) is 109 Å². The topological polar surface area (TPSA) is 124 Å². The molecular formula is C22H20N6O4. The second-order valence-electron chi connectivity index (χ2n) is 7.11. The molecule has 0 aliphatic carbocycles. The van der Waals surface area contributed by atoms with E-state index in [1.807, 2.05) is 6.07 Å². The smallest absolute Gasteiger partial charge is 0.316 e. The van der Waals surface area contributed by atoms with Crippen LogP contribution in [-0.4, -0.2) is 29.8 Å².